The van der Waals surface area contributed by atoms with Crippen molar-refractivity contribution in [2.75, 3.05) is 0 Å². The predicted octanol–water partition coefficient (Wildman–Crippen LogP) is 2.37. The van der Waals surface area contributed by atoms with Crippen LogP contribution in [-0.2, 0) is 14.4 Å². The van der Waals surface area contributed by atoms with Crippen LogP contribution in [0.25, 0.3) is 0 Å². The Balaban J connectivity index is 2.65. The minimum atomic E-state index is -0.919. The first-order chi connectivity index (χ1) is 8.86. The summed E-state index contributed by atoms with van der Waals surface area (Å²) in [7, 11) is 0. The second-order valence-corrected chi connectivity index (χ2v) is 5.75. The van der Waals surface area contributed by atoms with Gasteiger partial charge in [0.25, 0.3) is 0 Å². The molecule has 0 bridgehead atoms. The molecule has 2 aliphatic rings. The Labute approximate surface area is 112 Å². The van der Waals surface area contributed by atoms with E-state index in [-0.39, 0.29) is 17.5 Å². The van der Waals surface area contributed by atoms with Crippen LogP contribution in [0.2, 0.25) is 0 Å². The molecule has 0 aromatic carbocycles. The molecule has 2 rings (SSSR count). The predicted molar refractivity (Wildman–Crippen MR) is 69.6 cm³/mol. The molecule has 0 aromatic heterocycles. The number of hydrogen-bond donors (Lipinski definition) is 1. The zero-order chi connectivity index (χ0) is 14.4. The van der Waals surface area contributed by atoms with Gasteiger partial charge in [-0.25, -0.2) is 0 Å². The minimum absolute atomic E-state index is 0.00968. The Morgan fingerprint density at radius 3 is 2.58 bits per heavy atom. The zero-order valence-electron chi connectivity index (χ0n) is 11.7. The number of Topliss-reactive ketones (excluding diaryl/α,β-unsaturated/α-hetero) is 2. The van der Waals surface area contributed by atoms with Gasteiger partial charge in [-0.1, -0.05) is 13.8 Å². The largest absolute Gasteiger partial charge is 0.481 e. The van der Waals surface area contributed by atoms with Crippen molar-refractivity contribution in [3.8, 4) is 0 Å². The summed E-state index contributed by atoms with van der Waals surface area (Å²) >= 11 is 0. The van der Waals surface area contributed by atoms with E-state index in [9.17, 15) is 19.5 Å². The quantitative estimate of drug-likeness (QED) is 0.831. The molecular formula is C15H20O4. The molecule has 1 N–H and O–H groups in total. The summed E-state index contributed by atoms with van der Waals surface area (Å²) in [4.78, 5) is 36.0. The summed E-state index contributed by atoms with van der Waals surface area (Å²) in [6.45, 7) is 5.43. The fourth-order valence-electron chi connectivity index (χ4n) is 4.04. The van der Waals surface area contributed by atoms with Gasteiger partial charge >= 0.3 is 5.97 Å². The van der Waals surface area contributed by atoms with E-state index in [2.05, 4.69) is 0 Å². The molecule has 1 spiro atoms. The third-order valence-electron chi connectivity index (χ3n) is 4.84. The van der Waals surface area contributed by atoms with Crippen LogP contribution in [0.3, 0.4) is 0 Å². The van der Waals surface area contributed by atoms with Gasteiger partial charge in [0.2, 0.25) is 0 Å². The fraction of sp³-hybridized carbons (Fsp3) is 0.667. The maximum Gasteiger partial charge on any atom is 0.307 e. The third-order valence-corrected chi connectivity index (χ3v) is 4.84. The maximum absolute atomic E-state index is 12.4. The van der Waals surface area contributed by atoms with Crippen molar-refractivity contribution in [1.29, 1.82) is 0 Å². The molecule has 0 aliphatic heterocycles. The molecule has 1 fully saturated rings. The topological polar surface area (TPSA) is 71.4 Å². The van der Waals surface area contributed by atoms with Gasteiger partial charge < -0.3 is 5.11 Å². The Morgan fingerprint density at radius 1 is 1.42 bits per heavy atom. The van der Waals surface area contributed by atoms with Gasteiger partial charge in [-0.2, -0.15) is 0 Å². The van der Waals surface area contributed by atoms with Crippen molar-refractivity contribution in [1.82, 2.24) is 0 Å². The van der Waals surface area contributed by atoms with Crippen LogP contribution < -0.4 is 0 Å². The number of allylic oxidation sites excluding steroid dienone is 2. The lowest BCUT2D eigenvalue weighted by Crippen LogP contribution is -2.45. The molecule has 19 heavy (non-hydrogen) atoms. The first kappa shape index (κ1) is 14.0. The van der Waals surface area contributed by atoms with E-state index in [0.717, 1.165) is 5.57 Å². The van der Waals surface area contributed by atoms with Crippen molar-refractivity contribution in [2.45, 2.75) is 46.5 Å². The third kappa shape index (κ3) is 1.77. The molecule has 0 radical (unpaired) electrons. The number of carboxylic acids is 1. The molecule has 104 valence electrons. The number of carbonyl (C=O) groups is 3. The van der Waals surface area contributed by atoms with Crippen LogP contribution in [0.4, 0.5) is 0 Å². The average Bonchev–Trinajstić information content (AvgIpc) is 2.66. The van der Waals surface area contributed by atoms with E-state index in [0.29, 0.717) is 31.3 Å². The summed E-state index contributed by atoms with van der Waals surface area (Å²) in [5.74, 6) is -1.77. The Bertz CT molecular complexity index is 488. The number of carboxylic acid groups (broad SMARTS) is 1. The molecule has 4 heteroatoms. The van der Waals surface area contributed by atoms with Crippen LogP contribution >= 0.6 is 0 Å². The number of rotatable bonds is 2. The monoisotopic (exact) mass is 264 g/mol. The second kappa shape index (κ2) is 4.58. The average molecular weight is 264 g/mol. The molecular weight excluding hydrogens is 244 g/mol. The zero-order valence-corrected chi connectivity index (χ0v) is 11.7. The van der Waals surface area contributed by atoms with Crippen LogP contribution in [-0.4, -0.2) is 22.6 Å². The maximum atomic E-state index is 12.4. The second-order valence-electron chi connectivity index (χ2n) is 5.75. The molecule has 3 atom stereocenters. The van der Waals surface area contributed by atoms with Crippen LogP contribution in [0, 0.1) is 17.3 Å². The lowest BCUT2D eigenvalue weighted by Gasteiger charge is -2.41. The Kier molecular flexibility index (Phi) is 3.37. The lowest BCUT2D eigenvalue weighted by molar-refractivity contribution is -0.148. The summed E-state index contributed by atoms with van der Waals surface area (Å²) in [6, 6.07) is 0. The van der Waals surface area contributed by atoms with Crippen molar-refractivity contribution in [2.24, 2.45) is 17.3 Å². The van der Waals surface area contributed by atoms with E-state index in [1.807, 2.05) is 6.92 Å². The van der Waals surface area contributed by atoms with Gasteiger partial charge in [-0.05, 0) is 37.3 Å². The van der Waals surface area contributed by atoms with E-state index in [4.69, 9.17) is 0 Å². The van der Waals surface area contributed by atoms with Gasteiger partial charge in [-0.15, -0.1) is 0 Å². The van der Waals surface area contributed by atoms with Crippen LogP contribution in [0.1, 0.15) is 46.5 Å². The molecule has 0 saturated heterocycles. The van der Waals surface area contributed by atoms with E-state index in [1.165, 1.54) is 0 Å². The van der Waals surface area contributed by atoms with E-state index >= 15 is 0 Å². The van der Waals surface area contributed by atoms with Crippen molar-refractivity contribution < 1.29 is 19.5 Å². The summed E-state index contributed by atoms with van der Waals surface area (Å²) < 4.78 is 0. The highest BCUT2D eigenvalue weighted by Crippen LogP contribution is 2.54. The lowest BCUT2D eigenvalue weighted by atomic mass is 9.60. The molecule has 0 unspecified atom stereocenters. The number of hydrogen-bond acceptors (Lipinski definition) is 3. The van der Waals surface area contributed by atoms with Crippen molar-refractivity contribution in [3.63, 3.8) is 0 Å². The van der Waals surface area contributed by atoms with Crippen LogP contribution in [0.5, 0.6) is 0 Å². The molecule has 0 heterocycles. The molecule has 4 nitrogen and oxygen atoms in total. The van der Waals surface area contributed by atoms with Gasteiger partial charge in [0.1, 0.15) is 5.78 Å². The highest BCUT2D eigenvalue weighted by Gasteiger charge is 2.58. The van der Waals surface area contributed by atoms with Gasteiger partial charge in [-0.3, -0.25) is 14.4 Å². The summed E-state index contributed by atoms with van der Waals surface area (Å²) in [5.41, 5.74) is 0.464. The normalized spacial score (nSPS) is 35.3. The van der Waals surface area contributed by atoms with Crippen molar-refractivity contribution >= 4 is 17.5 Å². The number of carbonyl (C=O) groups excluding carboxylic acids is 2. The molecule has 0 aromatic rings. The molecule has 1 saturated carbocycles. The highest BCUT2D eigenvalue weighted by atomic mass is 16.4. The minimum Gasteiger partial charge on any atom is -0.481 e. The van der Waals surface area contributed by atoms with Gasteiger partial charge in [0.05, 0.1) is 11.3 Å². The van der Waals surface area contributed by atoms with Gasteiger partial charge in [0.15, 0.2) is 5.78 Å². The highest BCUT2D eigenvalue weighted by molar-refractivity contribution is 6.04. The Hall–Kier alpha value is -1.45. The summed E-state index contributed by atoms with van der Waals surface area (Å²) in [6.07, 6.45) is 1.64. The standard InChI is InChI=1S/C15H20O4/c1-4-10-9(3)13(17)8(2)7-15(10)11(14(18)19)5-6-12(15)16/h8,11H,4-7H2,1-3H3,(H,18,19)/t8-,11-,15-/m0/s1. The Morgan fingerprint density at radius 2 is 2.05 bits per heavy atom. The first-order valence-corrected chi connectivity index (χ1v) is 6.86. The number of aliphatic carboxylic acids is 1. The van der Waals surface area contributed by atoms with Gasteiger partial charge in [0, 0.05) is 12.3 Å². The van der Waals surface area contributed by atoms with E-state index in [1.54, 1.807) is 13.8 Å². The number of ketones is 2. The van der Waals surface area contributed by atoms with E-state index < -0.39 is 17.3 Å². The summed E-state index contributed by atoms with van der Waals surface area (Å²) in [5, 5.41) is 9.44. The molecule has 2 aliphatic carbocycles. The SMILES string of the molecule is CCC1=C(C)C(=O)[C@@H](C)C[C@]12C(=O)CC[C@H]2C(=O)O. The molecule has 0 amide bonds. The van der Waals surface area contributed by atoms with Crippen molar-refractivity contribution in [3.05, 3.63) is 11.1 Å². The fourth-order valence-corrected chi connectivity index (χ4v) is 4.04. The smallest absolute Gasteiger partial charge is 0.307 e. The van der Waals surface area contributed by atoms with Crippen LogP contribution in [0.15, 0.2) is 11.1 Å². The first-order valence-electron chi connectivity index (χ1n) is 6.86.